The van der Waals surface area contributed by atoms with E-state index in [0.29, 0.717) is 12.2 Å². The van der Waals surface area contributed by atoms with Crippen LogP contribution in [0.5, 0.6) is 0 Å². The van der Waals surface area contributed by atoms with E-state index in [9.17, 15) is 4.79 Å². The molecule has 0 aliphatic carbocycles. The second kappa shape index (κ2) is 11.2. The number of amides is 1. The molecular formula is C19H28ClN3OS. The summed E-state index contributed by atoms with van der Waals surface area (Å²) in [5.74, 6) is 0.0266. The number of hydrogen-bond donors (Lipinski definition) is 1. The molecule has 0 aliphatic heterocycles. The van der Waals surface area contributed by atoms with Crippen LogP contribution >= 0.6 is 23.7 Å². The van der Waals surface area contributed by atoms with Crippen molar-refractivity contribution in [2.45, 2.75) is 45.6 Å². The minimum Gasteiger partial charge on any atom is -0.330 e. The summed E-state index contributed by atoms with van der Waals surface area (Å²) in [5, 5.41) is 2.80. The Kier molecular flexibility index (Phi) is 9.71. The topological polar surface area (TPSA) is 59.2 Å². The van der Waals surface area contributed by atoms with Gasteiger partial charge in [-0.15, -0.1) is 23.7 Å². The van der Waals surface area contributed by atoms with Crippen LogP contribution in [-0.4, -0.2) is 28.9 Å². The highest BCUT2D eigenvalue weighted by Crippen LogP contribution is 2.27. The standard InChI is InChI=1S/C19H27N3OS.ClH/c1-3-5-13-22(17(4-2)15-9-7-6-8-10-15)19(23)16-14-24-18(21-16)11-12-20;/h6-10,14,17H,3-5,11-13,20H2,1-2H3;1H. The fraction of sp³-hybridized carbons (Fsp3) is 0.474. The molecule has 2 rings (SSSR count). The third-order valence-corrected chi connectivity index (χ3v) is 5.00. The second-order valence-electron chi connectivity index (χ2n) is 5.85. The van der Waals surface area contributed by atoms with E-state index >= 15 is 0 Å². The number of aromatic nitrogens is 1. The average Bonchev–Trinajstić information content (AvgIpc) is 3.08. The zero-order chi connectivity index (χ0) is 17.4. The summed E-state index contributed by atoms with van der Waals surface area (Å²) in [6.45, 7) is 5.59. The van der Waals surface area contributed by atoms with Crippen LogP contribution in [0.4, 0.5) is 0 Å². The maximum atomic E-state index is 13.1. The van der Waals surface area contributed by atoms with Crippen LogP contribution < -0.4 is 5.73 Å². The van der Waals surface area contributed by atoms with Crippen molar-refractivity contribution in [2.24, 2.45) is 5.73 Å². The van der Waals surface area contributed by atoms with E-state index in [2.05, 4.69) is 31.0 Å². The van der Waals surface area contributed by atoms with Crippen LogP contribution in [-0.2, 0) is 6.42 Å². The van der Waals surface area contributed by atoms with E-state index in [0.717, 1.165) is 37.2 Å². The van der Waals surface area contributed by atoms with Gasteiger partial charge in [0.2, 0.25) is 0 Å². The minimum atomic E-state index is 0. The molecule has 0 spiro atoms. The van der Waals surface area contributed by atoms with Gasteiger partial charge in [-0.2, -0.15) is 0 Å². The lowest BCUT2D eigenvalue weighted by atomic mass is 10.0. The highest BCUT2D eigenvalue weighted by molar-refractivity contribution is 7.09. The Morgan fingerprint density at radius 1 is 1.28 bits per heavy atom. The number of halogens is 1. The summed E-state index contributed by atoms with van der Waals surface area (Å²) in [6, 6.07) is 10.4. The van der Waals surface area contributed by atoms with Gasteiger partial charge in [-0.05, 0) is 24.9 Å². The van der Waals surface area contributed by atoms with E-state index < -0.39 is 0 Å². The van der Waals surface area contributed by atoms with Crippen molar-refractivity contribution in [1.82, 2.24) is 9.88 Å². The smallest absolute Gasteiger partial charge is 0.273 e. The molecule has 138 valence electrons. The fourth-order valence-corrected chi connectivity index (χ4v) is 3.62. The highest BCUT2D eigenvalue weighted by atomic mass is 35.5. The molecular weight excluding hydrogens is 354 g/mol. The van der Waals surface area contributed by atoms with Gasteiger partial charge in [-0.3, -0.25) is 4.79 Å². The summed E-state index contributed by atoms with van der Waals surface area (Å²) in [6.07, 6.45) is 3.67. The molecule has 1 amide bonds. The van der Waals surface area contributed by atoms with Crippen molar-refractivity contribution in [1.29, 1.82) is 0 Å². The van der Waals surface area contributed by atoms with Gasteiger partial charge in [0, 0.05) is 18.3 Å². The molecule has 0 radical (unpaired) electrons. The van der Waals surface area contributed by atoms with Gasteiger partial charge >= 0.3 is 0 Å². The van der Waals surface area contributed by atoms with Crippen LogP contribution in [0.15, 0.2) is 35.7 Å². The summed E-state index contributed by atoms with van der Waals surface area (Å²) < 4.78 is 0. The second-order valence-corrected chi connectivity index (χ2v) is 6.79. The number of nitrogens with zero attached hydrogens (tertiary/aromatic N) is 2. The van der Waals surface area contributed by atoms with Gasteiger partial charge in [-0.25, -0.2) is 4.98 Å². The van der Waals surface area contributed by atoms with Crippen LogP contribution in [0.25, 0.3) is 0 Å². The number of nitrogens with two attached hydrogens (primary N) is 1. The summed E-state index contributed by atoms with van der Waals surface area (Å²) >= 11 is 1.52. The number of benzene rings is 1. The monoisotopic (exact) mass is 381 g/mol. The van der Waals surface area contributed by atoms with Gasteiger partial charge in [0.05, 0.1) is 11.0 Å². The molecule has 2 aromatic rings. The van der Waals surface area contributed by atoms with Crippen molar-refractivity contribution in [3.05, 3.63) is 52.0 Å². The van der Waals surface area contributed by atoms with E-state index in [1.165, 1.54) is 16.9 Å². The Bertz CT molecular complexity index is 633. The Morgan fingerprint density at radius 2 is 2.00 bits per heavy atom. The van der Waals surface area contributed by atoms with Crippen LogP contribution in [0.3, 0.4) is 0 Å². The quantitative estimate of drug-likeness (QED) is 0.697. The predicted octanol–water partition coefficient (Wildman–Crippen LogP) is 4.46. The maximum Gasteiger partial charge on any atom is 0.273 e. The molecule has 1 aromatic heterocycles. The minimum absolute atomic E-state index is 0. The Balaban J connectivity index is 0.00000312. The van der Waals surface area contributed by atoms with Crippen molar-refractivity contribution in [3.8, 4) is 0 Å². The normalized spacial score (nSPS) is 11.6. The van der Waals surface area contributed by atoms with Crippen molar-refractivity contribution in [2.75, 3.05) is 13.1 Å². The summed E-state index contributed by atoms with van der Waals surface area (Å²) in [7, 11) is 0. The number of carbonyl (C=O) groups excluding carboxylic acids is 1. The first-order valence-corrected chi connectivity index (χ1v) is 9.59. The van der Waals surface area contributed by atoms with E-state index in [1.54, 1.807) is 0 Å². The van der Waals surface area contributed by atoms with Gasteiger partial charge in [-0.1, -0.05) is 50.6 Å². The number of unbranched alkanes of at least 4 members (excludes halogenated alkanes) is 1. The molecule has 0 saturated carbocycles. The summed E-state index contributed by atoms with van der Waals surface area (Å²) in [4.78, 5) is 19.6. The van der Waals surface area contributed by atoms with Crippen molar-refractivity contribution in [3.63, 3.8) is 0 Å². The largest absolute Gasteiger partial charge is 0.330 e. The third kappa shape index (κ3) is 5.80. The molecule has 0 bridgehead atoms. The average molecular weight is 382 g/mol. The number of rotatable bonds is 9. The highest BCUT2D eigenvalue weighted by Gasteiger charge is 2.26. The lowest BCUT2D eigenvalue weighted by Gasteiger charge is -2.31. The van der Waals surface area contributed by atoms with Gasteiger partial charge < -0.3 is 10.6 Å². The predicted molar refractivity (Wildman–Crippen MR) is 108 cm³/mol. The first-order valence-electron chi connectivity index (χ1n) is 8.71. The first kappa shape index (κ1) is 21.6. The fourth-order valence-electron chi connectivity index (χ4n) is 2.83. The zero-order valence-corrected chi connectivity index (χ0v) is 16.6. The Morgan fingerprint density at radius 3 is 2.60 bits per heavy atom. The molecule has 0 saturated heterocycles. The lowest BCUT2D eigenvalue weighted by molar-refractivity contribution is 0.0661. The molecule has 4 nitrogen and oxygen atoms in total. The molecule has 1 unspecified atom stereocenters. The van der Waals surface area contributed by atoms with Gasteiger partial charge in [0.15, 0.2) is 0 Å². The number of thiazole rings is 1. The van der Waals surface area contributed by atoms with E-state index in [-0.39, 0.29) is 24.4 Å². The molecule has 2 N–H and O–H groups in total. The van der Waals surface area contributed by atoms with Crippen LogP contribution in [0.1, 0.15) is 60.2 Å². The van der Waals surface area contributed by atoms with Gasteiger partial charge in [0.25, 0.3) is 5.91 Å². The number of carbonyl (C=O) groups is 1. The van der Waals surface area contributed by atoms with Crippen molar-refractivity contribution < 1.29 is 4.79 Å². The molecule has 6 heteroatoms. The van der Waals surface area contributed by atoms with E-state index in [4.69, 9.17) is 5.73 Å². The van der Waals surface area contributed by atoms with Gasteiger partial charge in [0.1, 0.15) is 5.69 Å². The number of hydrogen-bond acceptors (Lipinski definition) is 4. The molecule has 1 aromatic carbocycles. The van der Waals surface area contributed by atoms with Crippen LogP contribution in [0.2, 0.25) is 0 Å². The van der Waals surface area contributed by atoms with Crippen LogP contribution in [0, 0.1) is 0 Å². The molecule has 0 fully saturated rings. The van der Waals surface area contributed by atoms with E-state index in [1.807, 2.05) is 28.5 Å². The molecule has 0 aliphatic rings. The third-order valence-electron chi connectivity index (χ3n) is 4.09. The maximum absolute atomic E-state index is 13.1. The van der Waals surface area contributed by atoms with Crippen molar-refractivity contribution >= 4 is 29.7 Å². The lowest BCUT2D eigenvalue weighted by Crippen LogP contribution is -2.35. The Hall–Kier alpha value is -1.43. The molecule has 25 heavy (non-hydrogen) atoms. The SMILES string of the molecule is CCCCN(C(=O)c1csc(CCN)n1)C(CC)c1ccccc1.Cl. The molecule has 1 heterocycles. The molecule has 1 atom stereocenters. The Labute approximate surface area is 160 Å². The first-order chi connectivity index (χ1) is 11.7. The summed E-state index contributed by atoms with van der Waals surface area (Å²) in [5.41, 5.74) is 7.32. The zero-order valence-electron chi connectivity index (χ0n) is 15.0.